The molecule has 1 aromatic carbocycles. The van der Waals surface area contributed by atoms with Gasteiger partial charge < -0.3 is 14.8 Å². The number of hydrogen-bond donors (Lipinski definition) is 2. The SMILES string of the molecule is CC(O)c1cn(CC(=O)O)c2cc(Br)c(F)cc12. The third-order valence-corrected chi connectivity index (χ3v) is 3.32. The highest BCUT2D eigenvalue weighted by atomic mass is 79.9. The molecule has 0 saturated heterocycles. The Hall–Kier alpha value is -1.40. The zero-order valence-corrected chi connectivity index (χ0v) is 11.1. The van der Waals surface area contributed by atoms with E-state index in [0.29, 0.717) is 16.5 Å². The van der Waals surface area contributed by atoms with Gasteiger partial charge in [0.2, 0.25) is 0 Å². The number of benzene rings is 1. The first-order valence-electron chi connectivity index (χ1n) is 5.27. The van der Waals surface area contributed by atoms with E-state index in [0.717, 1.165) is 0 Å². The Morgan fingerprint density at radius 2 is 2.22 bits per heavy atom. The van der Waals surface area contributed by atoms with Crippen LogP contribution in [0.15, 0.2) is 22.8 Å². The summed E-state index contributed by atoms with van der Waals surface area (Å²) >= 11 is 3.06. The normalized spacial score (nSPS) is 12.9. The van der Waals surface area contributed by atoms with E-state index in [-0.39, 0.29) is 11.0 Å². The van der Waals surface area contributed by atoms with E-state index >= 15 is 0 Å². The average molecular weight is 316 g/mol. The van der Waals surface area contributed by atoms with E-state index < -0.39 is 17.9 Å². The molecular weight excluding hydrogens is 305 g/mol. The van der Waals surface area contributed by atoms with Crippen LogP contribution in [-0.2, 0) is 11.3 Å². The molecule has 1 heterocycles. The summed E-state index contributed by atoms with van der Waals surface area (Å²) in [6, 6.07) is 2.80. The second-order valence-electron chi connectivity index (χ2n) is 4.07. The quantitative estimate of drug-likeness (QED) is 0.915. The molecule has 0 aliphatic carbocycles. The number of carboxylic acids is 1. The van der Waals surface area contributed by atoms with Crippen molar-refractivity contribution in [3.63, 3.8) is 0 Å². The summed E-state index contributed by atoms with van der Waals surface area (Å²) in [5.41, 5.74) is 1.08. The molecular formula is C12H11BrFNO3. The minimum Gasteiger partial charge on any atom is -0.480 e. The van der Waals surface area contributed by atoms with Crippen molar-refractivity contribution < 1.29 is 19.4 Å². The second-order valence-corrected chi connectivity index (χ2v) is 4.92. The molecule has 2 rings (SSSR count). The van der Waals surface area contributed by atoms with Gasteiger partial charge in [0, 0.05) is 17.1 Å². The number of rotatable bonds is 3. The Morgan fingerprint density at radius 1 is 1.56 bits per heavy atom. The largest absolute Gasteiger partial charge is 0.480 e. The summed E-state index contributed by atoms with van der Waals surface area (Å²) < 4.78 is 15.2. The standard InChI is InChI=1S/C12H11BrFNO3/c1-6(16)8-4-15(5-12(17)18)11-3-9(13)10(14)2-7(8)11/h2-4,6,16H,5H2,1H3,(H,17,18). The molecule has 1 aromatic heterocycles. The van der Waals surface area contributed by atoms with Crippen LogP contribution in [0.5, 0.6) is 0 Å². The first kappa shape index (κ1) is 13.0. The summed E-state index contributed by atoms with van der Waals surface area (Å²) in [5, 5.41) is 19.0. The van der Waals surface area contributed by atoms with E-state index in [1.807, 2.05) is 0 Å². The number of carboxylic acid groups (broad SMARTS) is 1. The van der Waals surface area contributed by atoms with Crippen LogP contribution >= 0.6 is 15.9 Å². The van der Waals surface area contributed by atoms with Gasteiger partial charge in [-0.1, -0.05) is 0 Å². The maximum absolute atomic E-state index is 13.5. The third kappa shape index (κ3) is 2.26. The van der Waals surface area contributed by atoms with Gasteiger partial charge in [0.1, 0.15) is 12.4 Å². The molecule has 2 N–H and O–H groups in total. The van der Waals surface area contributed by atoms with Crippen LogP contribution < -0.4 is 0 Å². The molecule has 0 aliphatic rings. The number of aliphatic carboxylic acids is 1. The van der Waals surface area contributed by atoms with Gasteiger partial charge in [-0.15, -0.1) is 0 Å². The molecule has 0 fully saturated rings. The van der Waals surface area contributed by atoms with Crippen LogP contribution in [0.3, 0.4) is 0 Å². The highest BCUT2D eigenvalue weighted by Gasteiger charge is 2.16. The summed E-state index contributed by atoms with van der Waals surface area (Å²) in [4.78, 5) is 10.8. The van der Waals surface area contributed by atoms with E-state index in [1.165, 1.54) is 22.9 Å². The van der Waals surface area contributed by atoms with E-state index in [2.05, 4.69) is 15.9 Å². The summed E-state index contributed by atoms with van der Waals surface area (Å²) in [5.74, 6) is -1.44. The smallest absolute Gasteiger partial charge is 0.323 e. The van der Waals surface area contributed by atoms with Crippen LogP contribution in [-0.4, -0.2) is 20.7 Å². The molecule has 2 aromatic rings. The fraction of sp³-hybridized carbons (Fsp3) is 0.250. The molecule has 1 unspecified atom stereocenters. The fourth-order valence-electron chi connectivity index (χ4n) is 1.92. The zero-order chi connectivity index (χ0) is 13.4. The molecule has 0 amide bonds. The number of aliphatic hydroxyl groups is 1. The Balaban J connectivity index is 2.72. The Labute approximate surface area is 111 Å². The monoisotopic (exact) mass is 315 g/mol. The first-order chi connectivity index (χ1) is 8.40. The van der Waals surface area contributed by atoms with Crippen molar-refractivity contribution in [1.82, 2.24) is 4.57 Å². The van der Waals surface area contributed by atoms with Gasteiger partial charge in [-0.05, 0) is 35.0 Å². The minimum atomic E-state index is -0.996. The minimum absolute atomic E-state index is 0.235. The maximum atomic E-state index is 13.5. The lowest BCUT2D eigenvalue weighted by Gasteiger charge is -2.02. The number of hydrogen-bond acceptors (Lipinski definition) is 2. The number of halogens is 2. The summed E-state index contributed by atoms with van der Waals surface area (Å²) in [6.07, 6.45) is 0.748. The lowest BCUT2D eigenvalue weighted by atomic mass is 10.1. The van der Waals surface area contributed by atoms with Crippen molar-refractivity contribution in [2.45, 2.75) is 19.6 Å². The lowest BCUT2D eigenvalue weighted by Crippen LogP contribution is -2.07. The van der Waals surface area contributed by atoms with Gasteiger partial charge in [0.25, 0.3) is 0 Å². The molecule has 0 aliphatic heterocycles. The van der Waals surface area contributed by atoms with Crippen molar-refractivity contribution in [1.29, 1.82) is 0 Å². The first-order valence-corrected chi connectivity index (χ1v) is 6.07. The summed E-state index contributed by atoms with van der Waals surface area (Å²) in [7, 11) is 0. The van der Waals surface area contributed by atoms with Crippen molar-refractivity contribution in [3.8, 4) is 0 Å². The van der Waals surface area contributed by atoms with Crippen molar-refractivity contribution in [2.75, 3.05) is 0 Å². The number of aromatic nitrogens is 1. The molecule has 0 saturated carbocycles. The molecule has 4 nitrogen and oxygen atoms in total. The molecule has 96 valence electrons. The van der Waals surface area contributed by atoms with E-state index in [4.69, 9.17) is 5.11 Å². The van der Waals surface area contributed by atoms with E-state index in [1.54, 1.807) is 6.92 Å². The van der Waals surface area contributed by atoms with Crippen LogP contribution in [0.4, 0.5) is 4.39 Å². The zero-order valence-electron chi connectivity index (χ0n) is 9.52. The number of nitrogens with zero attached hydrogens (tertiary/aromatic N) is 1. The highest BCUT2D eigenvalue weighted by molar-refractivity contribution is 9.10. The van der Waals surface area contributed by atoms with Crippen molar-refractivity contribution in [3.05, 3.63) is 34.2 Å². The second kappa shape index (κ2) is 4.70. The maximum Gasteiger partial charge on any atom is 0.323 e. The predicted octanol–water partition coefficient (Wildman–Crippen LogP) is 2.68. The molecule has 0 bridgehead atoms. The molecule has 0 spiro atoms. The van der Waals surface area contributed by atoms with Gasteiger partial charge in [-0.3, -0.25) is 4.79 Å². The Morgan fingerprint density at radius 3 is 2.78 bits per heavy atom. The van der Waals surface area contributed by atoms with Gasteiger partial charge in [0.15, 0.2) is 0 Å². The van der Waals surface area contributed by atoms with Crippen molar-refractivity contribution >= 4 is 32.8 Å². The topological polar surface area (TPSA) is 62.5 Å². The number of fused-ring (bicyclic) bond motifs is 1. The van der Waals surface area contributed by atoms with Crippen LogP contribution in [0, 0.1) is 5.82 Å². The van der Waals surface area contributed by atoms with Gasteiger partial charge in [-0.2, -0.15) is 0 Å². The van der Waals surface area contributed by atoms with Gasteiger partial charge >= 0.3 is 5.97 Å². The Bertz CT molecular complexity index is 621. The predicted molar refractivity (Wildman–Crippen MR) is 67.9 cm³/mol. The highest BCUT2D eigenvalue weighted by Crippen LogP contribution is 2.30. The summed E-state index contributed by atoms with van der Waals surface area (Å²) in [6.45, 7) is 1.32. The van der Waals surface area contributed by atoms with Crippen LogP contribution in [0.2, 0.25) is 0 Å². The molecule has 18 heavy (non-hydrogen) atoms. The van der Waals surface area contributed by atoms with Gasteiger partial charge in [-0.25, -0.2) is 4.39 Å². The van der Waals surface area contributed by atoms with Crippen LogP contribution in [0.1, 0.15) is 18.6 Å². The van der Waals surface area contributed by atoms with E-state index in [9.17, 15) is 14.3 Å². The van der Waals surface area contributed by atoms with Gasteiger partial charge in [0.05, 0.1) is 16.1 Å². The molecule has 0 radical (unpaired) electrons. The molecule has 6 heteroatoms. The lowest BCUT2D eigenvalue weighted by molar-refractivity contribution is -0.137. The van der Waals surface area contributed by atoms with Crippen LogP contribution in [0.25, 0.3) is 10.9 Å². The number of carbonyl (C=O) groups is 1. The fourth-order valence-corrected chi connectivity index (χ4v) is 2.25. The van der Waals surface area contributed by atoms with Crippen molar-refractivity contribution in [2.24, 2.45) is 0 Å². The third-order valence-electron chi connectivity index (χ3n) is 2.71. The Kier molecular flexibility index (Phi) is 3.41. The molecule has 1 atom stereocenters. The number of aliphatic hydroxyl groups excluding tert-OH is 1. The average Bonchev–Trinajstić information content (AvgIpc) is 2.57.